The Balaban J connectivity index is 2.51. The largest absolute Gasteiger partial charge is 0.465 e. The van der Waals surface area contributed by atoms with Crippen molar-refractivity contribution in [2.75, 3.05) is 0 Å². The maximum absolute atomic E-state index is 6.12. The van der Waals surface area contributed by atoms with Crippen LogP contribution in [0.3, 0.4) is 0 Å². The highest BCUT2D eigenvalue weighted by Crippen LogP contribution is 2.39. The highest BCUT2D eigenvalue weighted by atomic mass is 16.5. The fourth-order valence-electron chi connectivity index (χ4n) is 1.86. The Hall–Kier alpha value is -1.57. The van der Waals surface area contributed by atoms with Gasteiger partial charge in [0.15, 0.2) is 0 Å². The van der Waals surface area contributed by atoms with Crippen molar-refractivity contribution < 1.29 is 4.74 Å². The summed E-state index contributed by atoms with van der Waals surface area (Å²) in [5.41, 5.74) is 2.11. The maximum Gasteiger partial charge on any atom is 0.110 e. The summed E-state index contributed by atoms with van der Waals surface area (Å²) >= 11 is 0. The molecule has 2 aliphatic rings. The van der Waals surface area contributed by atoms with Gasteiger partial charge in [-0.2, -0.15) is 0 Å². The van der Waals surface area contributed by atoms with Gasteiger partial charge in [0.05, 0.1) is 5.70 Å². The second kappa shape index (κ2) is 4.52. The van der Waals surface area contributed by atoms with Crippen LogP contribution in [0.4, 0.5) is 0 Å². The molecule has 0 spiro atoms. The molecule has 0 bridgehead atoms. The number of ether oxygens (including phenoxy) is 1. The second-order valence-electron chi connectivity index (χ2n) is 7.10. The third-order valence-electron chi connectivity index (χ3n) is 3.12. The fraction of sp³-hybridized carbons (Fsp3) is 0.471. The van der Waals surface area contributed by atoms with Crippen molar-refractivity contribution >= 4 is 6.21 Å². The van der Waals surface area contributed by atoms with Crippen LogP contribution in [-0.2, 0) is 4.74 Å². The van der Waals surface area contributed by atoms with Crippen molar-refractivity contribution in [3.8, 4) is 0 Å². The molecule has 0 aliphatic carbocycles. The summed E-state index contributed by atoms with van der Waals surface area (Å²) in [5, 5.41) is 0. The van der Waals surface area contributed by atoms with E-state index in [2.05, 4.69) is 58.7 Å². The predicted octanol–water partition coefficient (Wildman–Crippen LogP) is 4.77. The Labute approximate surface area is 116 Å². The van der Waals surface area contributed by atoms with Crippen LogP contribution in [0.25, 0.3) is 0 Å². The van der Waals surface area contributed by atoms with Gasteiger partial charge < -0.3 is 4.74 Å². The maximum atomic E-state index is 6.12. The van der Waals surface area contributed by atoms with Crippen molar-refractivity contribution in [1.29, 1.82) is 0 Å². The van der Waals surface area contributed by atoms with E-state index >= 15 is 0 Å². The molecule has 0 N–H and O–H groups in total. The molecule has 0 saturated heterocycles. The van der Waals surface area contributed by atoms with E-state index in [-0.39, 0.29) is 10.8 Å². The number of nitrogens with zero attached hydrogens (tertiary/aromatic N) is 1. The molecule has 2 aliphatic heterocycles. The van der Waals surface area contributed by atoms with Gasteiger partial charge >= 0.3 is 0 Å². The summed E-state index contributed by atoms with van der Waals surface area (Å²) in [6.07, 6.45) is 10.0. The minimum atomic E-state index is -0.0113. The number of aliphatic imine (C=N–C) groups is 1. The lowest BCUT2D eigenvalue weighted by Crippen LogP contribution is -2.21. The quantitative estimate of drug-likeness (QED) is 0.612. The van der Waals surface area contributed by atoms with Gasteiger partial charge in [-0.3, -0.25) is 4.99 Å². The first-order valence-corrected chi connectivity index (χ1v) is 6.75. The molecule has 0 unspecified atom stereocenters. The van der Waals surface area contributed by atoms with E-state index in [1.54, 1.807) is 0 Å². The lowest BCUT2D eigenvalue weighted by atomic mass is 9.87. The van der Waals surface area contributed by atoms with E-state index in [1.807, 2.05) is 18.4 Å². The summed E-state index contributed by atoms with van der Waals surface area (Å²) in [6, 6.07) is 0. The van der Waals surface area contributed by atoms with Gasteiger partial charge in [0.25, 0.3) is 0 Å². The first kappa shape index (κ1) is 13.9. The summed E-state index contributed by atoms with van der Waals surface area (Å²) in [4.78, 5) is 4.39. The van der Waals surface area contributed by atoms with E-state index < -0.39 is 0 Å². The topological polar surface area (TPSA) is 21.6 Å². The molecule has 2 heterocycles. The van der Waals surface area contributed by atoms with Gasteiger partial charge in [-0.05, 0) is 24.3 Å². The molecule has 0 radical (unpaired) electrons. The summed E-state index contributed by atoms with van der Waals surface area (Å²) in [7, 11) is 0. The Kier molecular flexibility index (Phi) is 3.29. The van der Waals surface area contributed by atoms with Gasteiger partial charge in [-0.25, -0.2) is 0 Å². The molecule has 0 aromatic carbocycles. The van der Waals surface area contributed by atoms with Crippen molar-refractivity contribution in [1.82, 2.24) is 0 Å². The van der Waals surface area contributed by atoms with E-state index in [0.717, 1.165) is 22.8 Å². The van der Waals surface area contributed by atoms with E-state index in [0.29, 0.717) is 0 Å². The molecule has 0 fully saturated rings. The smallest absolute Gasteiger partial charge is 0.110 e. The number of hydrogen-bond donors (Lipinski definition) is 0. The number of rotatable bonds is 0. The predicted molar refractivity (Wildman–Crippen MR) is 80.8 cm³/mol. The summed E-state index contributed by atoms with van der Waals surface area (Å²) < 4.78 is 6.12. The van der Waals surface area contributed by atoms with E-state index in [4.69, 9.17) is 4.74 Å². The molecule has 0 amide bonds. The molecular formula is C17H23NO. The Morgan fingerprint density at radius 1 is 0.895 bits per heavy atom. The fourth-order valence-corrected chi connectivity index (χ4v) is 1.86. The first-order valence-electron chi connectivity index (χ1n) is 6.75. The average Bonchev–Trinajstić information content (AvgIpc) is 2.79. The van der Waals surface area contributed by atoms with E-state index in [1.165, 1.54) is 0 Å². The zero-order valence-corrected chi connectivity index (χ0v) is 12.7. The van der Waals surface area contributed by atoms with Gasteiger partial charge in [-0.15, -0.1) is 0 Å². The Morgan fingerprint density at radius 2 is 1.42 bits per heavy atom. The third-order valence-corrected chi connectivity index (χ3v) is 3.12. The minimum Gasteiger partial charge on any atom is -0.465 e. The molecular weight excluding hydrogens is 234 g/mol. The molecule has 0 saturated carbocycles. The van der Waals surface area contributed by atoms with Crippen LogP contribution >= 0.6 is 0 Å². The highest BCUT2D eigenvalue weighted by Gasteiger charge is 2.29. The lowest BCUT2D eigenvalue weighted by Gasteiger charge is -2.32. The van der Waals surface area contributed by atoms with Crippen molar-refractivity contribution in [3.05, 3.63) is 47.1 Å². The molecule has 2 rings (SSSR count). The lowest BCUT2D eigenvalue weighted by molar-refractivity contribution is 0.161. The van der Waals surface area contributed by atoms with Crippen LogP contribution in [0.15, 0.2) is 52.1 Å². The third kappa shape index (κ3) is 3.06. The van der Waals surface area contributed by atoms with Gasteiger partial charge in [0.1, 0.15) is 11.5 Å². The second-order valence-corrected chi connectivity index (χ2v) is 7.10. The number of allylic oxidation sites excluding steroid dienone is 7. The highest BCUT2D eigenvalue weighted by molar-refractivity contribution is 5.78. The zero-order valence-electron chi connectivity index (χ0n) is 12.7. The molecule has 2 nitrogen and oxygen atoms in total. The molecule has 0 aromatic heterocycles. The standard InChI is InChI=1S/C17H23NO/c1-16(2,3)14-10-12(13-8-7-9-18-13)11-15(19-14)17(4,5)6/h7-11H,1-6H3. The van der Waals surface area contributed by atoms with Gasteiger partial charge in [0, 0.05) is 22.6 Å². The Bertz CT molecular complexity index is 483. The minimum absolute atomic E-state index is 0.0113. The van der Waals surface area contributed by atoms with Crippen molar-refractivity contribution in [3.63, 3.8) is 0 Å². The summed E-state index contributed by atoms with van der Waals surface area (Å²) in [5.74, 6) is 2.00. The molecule has 19 heavy (non-hydrogen) atoms. The van der Waals surface area contributed by atoms with E-state index in [9.17, 15) is 0 Å². The monoisotopic (exact) mass is 257 g/mol. The normalized spacial score (nSPS) is 19.5. The molecule has 2 heteroatoms. The first-order chi connectivity index (χ1) is 8.68. The van der Waals surface area contributed by atoms with Crippen LogP contribution in [0, 0.1) is 10.8 Å². The average molecular weight is 257 g/mol. The van der Waals surface area contributed by atoms with Gasteiger partial charge in [-0.1, -0.05) is 41.5 Å². The van der Waals surface area contributed by atoms with Crippen molar-refractivity contribution in [2.24, 2.45) is 15.8 Å². The molecule has 102 valence electrons. The van der Waals surface area contributed by atoms with Crippen LogP contribution in [0.2, 0.25) is 0 Å². The van der Waals surface area contributed by atoms with Gasteiger partial charge in [0.2, 0.25) is 0 Å². The zero-order chi connectivity index (χ0) is 14.3. The SMILES string of the molecule is CC(C)(C)C1=CC(=C2C=CC=N2)C=C(C(C)(C)C)O1. The van der Waals surface area contributed by atoms with Crippen LogP contribution < -0.4 is 0 Å². The van der Waals surface area contributed by atoms with Crippen LogP contribution in [-0.4, -0.2) is 6.21 Å². The Morgan fingerprint density at radius 3 is 1.79 bits per heavy atom. The van der Waals surface area contributed by atoms with Crippen molar-refractivity contribution in [2.45, 2.75) is 41.5 Å². The molecule has 0 atom stereocenters. The number of hydrogen-bond acceptors (Lipinski definition) is 2. The van der Waals surface area contributed by atoms with Crippen LogP contribution in [0.5, 0.6) is 0 Å². The summed E-state index contributed by atoms with van der Waals surface area (Å²) in [6.45, 7) is 13.0. The molecule has 0 aromatic rings. The van der Waals surface area contributed by atoms with Crippen LogP contribution in [0.1, 0.15) is 41.5 Å².